The second-order valence-corrected chi connectivity index (χ2v) is 5.21. The predicted molar refractivity (Wildman–Crippen MR) is 76.0 cm³/mol. The van der Waals surface area contributed by atoms with Crippen molar-refractivity contribution >= 4 is 23.2 Å². The molecule has 0 spiro atoms. The molecule has 1 atom stereocenters. The number of aromatic carboxylic acids is 1. The van der Waals surface area contributed by atoms with Gasteiger partial charge < -0.3 is 15.6 Å². The van der Waals surface area contributed by atoms with Gasteiger partial charge in [-0.15, -0.1) is 11.3 Å². The standard InChI is InChI=1S/C14H13NO4S/c1-8(13(15)16)19-10-5-3-2-4-9(10)11-6-7-12(20-11)14(17)18/h2-8H,1H3,(H2,15,16)(H,17,18)/t8-/m0/s1. The van der Waals surface area contributed by atoms with Crippen molar-refractivity contribution in [3.63, 3.8) is 0 Å². The maximum absolute atomic E-state index is 11.1. The van der Waals surface area contributed by atoms with E-state index >= 15 is 0 Å². The van der Waals surface area contributed by atoms with Gasteiger partial charge in [0, 0.05) is 10.4 Å². The van der Waals surface area contributed by atoms with Crippen LogP contribution in [-0.2, 0) is 4.79 Å². The number of carboxylic acid groups (broad SMARTS) is 1. The number of primary amides is 1. The fourth-order valence-electron chi connectivity index (χ4n) is 1.62. The molecule has 0 aliphatic carbocycles. The molecule has 6 heteroatoms. The third-order valence-electron chi connectivity index (χ3n) is 2.67. The molecule has 1 aromatic carbocycles. The number of benzene rings is 1. The molecule has 1 amide bonds. The zero-order chi connectivity index (χ0) is 14.7. The third-order valence-corrected chi connectivity index (χ3v) is 3.78. The first-order valence-corrected chi connectivity index (χ1v) is 6.69. The molecule has 0 aliphatic rings. The van der Waals surface area contributed by atoms with Gasteiger partial charge in [0.1, 0.15) is 10.6 Å². The number of carbonyl (C=O) groups excluding carboxylic acids is 1. The number of carboxylic acids is 1. The molecule has 2 rings (SSSR count). The second kappa shape index (κ2) is 5.75. The first-order valence-electron chi connectivity index (χ1n) is 5.87. The van der Waals surface area contributed by atoms with Gasteiger partial charge in [0.05, 0.1) is 0 Å². The van der Waals surface area contributed by atoms with Crippen molar-refractivity contribution in [3.05, 3.63) is 41.3 Å². The number of amides is 1. The number of nitrogens with two attached hydrogens (primary N) is 1. The summed E-state index contributed by atoms with van der Waals surface area (Å²) in [6.07, 6.45) is -0.755. The summed E-state index contributed by atoms with van der Waals surface area (Å²) in [6, 6.07) is 10.4. The zero-order valence-corrected chi connectivity index (χ0v) is 11.5. The van der Waals surface area contributed by atoms with Crippen molar-refractivity contribution in [1.82, 2.24) is 0 Å². The Hall–Kier alpha value is -2.34. The Kier molecular flexibility index (Phi) is 4.05. The van der Waals surface area contributed by atoms with E-state index in [1.54, 1.807) is 31.2 Å². The Morgan fingerprint density at radius 3 is 2.55 bits per heavy atom. The smallest absolute Gasteiger partial charge is 0.345 e. The molecule has 0 unspecified atom stereocenters. The van der Waals surface area contributed by atoms with Crippen LogP contribution in [0.1, 0.15) is 16.6 Å². The minimum absolute atomic E-state index is 0.248. The largest absolute Gasteiger partial charge is 0.480 e. The molecule has 20 heavy (non-hydrogen) atoms. The number of ether oxygens (including phenoxy) is 1. The Morgan fingerprint density at radius 1 is 1.25 bits per heavy atom. The van der Waals surface area contributed by atoms with Gasteiger partial charge in [0.2, 0.25) is 0 Å². The maximum atomic E-state index is 11.1. The Morgan fingerprint density at radius 2 is 1.95 bits per heavy atom. The Labute approximate surface area is 119 Å². The van der Waals surface area contributed by atoms with Crippen LogP contribution in [0.15, 0.2) is 36.4 Å². The fourth-order valence-corrected chi connectivity index (χ4v) is 2.49. The van der Waals surface area contributed by atoms with Gasteiger partial charge in [0.25, 0.3) is 5.91 Å². The minimum Gasteiger partial charge on any atom is -0.480 e. The molecule has 3 N–H and O–H groups in total. The van der Waals surface area contributed by atoms with Crippen molar-refractivity contribution in [2.24, 2.45) is 5.73 Å². The SMILES string of the molecule is C[C@H](Oc1ccccc1-c1ccc(C(=O)O)s1)C(N)=O. The number of para-hydroxylation sites is 1. The van der Waals surface area contributed by atoms with Gasteiger partial charge in [-0.1, -0.05) is 12.1 Å². The summed E-state index contributed by atoms with van der Waals surface area (Å²) in [5, 5.41) is 8.95. The lowest BCUT2D eigenvalue weighted by molar-refractivity contribution is -0.123. The van der Waals surface area contributed by atoms with E-state index in [2.05, 4.69) is 0 Å². The third kappa shape index (κ3) is 2.97. The normalized spacial score (nSPS) is 11.8. The highest BCUT2D eigenvalue weighted by Crippen LogP contribution is 2.35. The van der Waals surface area contributed by atoms with Crippen LogP contribution in [0.25, 0.3) is 10.4 Å². The van der Waals surface area contributed by atoms with Crippen molar-refractivity contribution in [2.45, 2.75) is 13.0 Å². The first-order chi connectivity index (χ1) is 9.49. The minimum atomic E-state index is -0.967. The van der Waals surface area contributed by atoms with Gasteiger partial charge in [0.15, 0.2) is 6.10 Å². The van der Waals surface area contributed by atoms with E-state index < -0.39 is 18.0 Å². The van der Waals surface area contributed by atoms with Crippen LogP contribution < -0.4 is 10.5 Å². The number of carbonyl (C=O) groups is 2. The van der Waals surface area contributed by atoms with Gasteiger partial charge in [-0.3, -0.25) is 4.79 Å². The van der Waals surface area contributed by atoms with Gasteiger partial charge >= 0.3 is 5.97 Å². The summed E-state index contributed by atoms with van der Waals surface area (Å²) in [5.41, 5.74) is 5.91. The molecule has 0 saturated carbocycles. The number of rotatable bonds is 5. The monoisotopic (exact) mass is 291 g/mol. The Bertz CT molecular complexity index is 650. The topological polar surface area (TPSA) is 89.6 Å². The lowest BCUT2D eigenvalue weighted by Gasteiger charge is -2.14. The van der Waals surface area contributed by atoms with E-state index in [1.165, 1.54) is 6.07 Å². The summed E-state index contributed by atoms with van der Waals surface area (Å²) < 4.78 is 5.52. The van der Waals surface area contributed by atoms with Crippen molar-refractivity contribution in [3.8, 4) is 16.2 Å². The quantitative estimate of drug-likeness (QED) is 0.885. The predicted octanol–water partition coefficient (Wildman–Crippen LogP) is 2.37. The molecular formula is C14H13NO4S. The van der Waals surface area contributed by atoms with Crippen LogP contribution in [0.3, 0.4) is 0 Å². The molecule has 1 heterocycles. The van der Waals surface area contributed by atoms with Crippen LogP contribution in [-0.4, -0.2) is 23.1 Å². The highest BCUT2D eigenvalue weighted by atomic mass is 32.1. The van der Waals surface area contributed by atoms with E-state index in [4.69, 9.17) is 15.6 Å². The average Bonchev–Trinajstić information content (AvgIpc) is 2.88. The highest BCUT2D eigenvalue weighted by molar-refractivity contribution is 7.17. The Balaban J connectivity index is 2.36. The lowest BCUT2D eigenvalue weighted by atomic mass is 10.1. The molecule has 0 aliphatic heterocycles. The lowest BCUT2D eigenvalue weighted by Crippen LogP contribution is -2.30. The number of hydrogen-bond acceptors (Lipinski definition) is 4. The van der Waals surface area contributed by atoms with E-state index in [9.17, 15) is 9.59 Å². The molecule has 0 fully saturated rings. The van der Waals surface area contributed by atoms with Gasteiger partial charge in [-0.05, 0) is 31.2 Å². The highest BCUT2D eigenvalue weighted by Gasteiger charge is 2.15. The van der Waals surface area contributed by atoms with Crippen LogP contribution >= 0.6 is 11.3 Å². The van der Waals surface area contributed by atoms with Crippen LogP contribution in [0.2, 0.25) is 0 Å². The number of thiophene rings is 1. The molecule has 2 aromatic rings. The van der Waals surface area contributed by atoms with Crippen LogP contribution in [0.4, 0.5) is 0 Å². The second-order valence-electron chi connectivity index (χ2n) is 4.13. The van der Waals surface area contributed by atoms with Gasteiger partial charge in [-0.25, -0.2) is 4.79 Å². The average molecular weight is 291 g/mol. The maximum Gasteiger partial charge on any atom is 0.345 e. The van der Waals surface area contributed by atoms with E-state index in [1.807, 2.05) is 6.07 Å². The number of hydrogen-bond donors (Lipinski definition) is 2. The molecule has 0 radical (unpaired) electrons. The van der Waals surface area contributed by atoms with Crippen molar-refractivity contribution < 1.29 is 19.4 Å². The molecule has 104 valence electrons. The first kappa shape index (κ1) is 14.1. The molecule has 1 aromatic heterocycles. The molecule has 0 saturated heterocycles. The summed E-state index contributed by atoms with van der Waals surface area (Å²) >= 11 is 1.15. The summed E-state index contributed by atoms with van der Waals surface area (Å²) in [7, 11) is 0. The molecular weight excluding hydrogens is 278 g/mol. The molecule has 0 bridgehead atoms. The summed E-state index contributed by atoms with van der Waals surface area (Å²) in [5.74, 6) is -1.03. The summed E-state index contributed by atoms with van der Waals surface area (Å²) in [4.78, 5) is 23.0. The summed E-state index contributed by atoms with van der Waals surface area (Å²) in [6.45, 7) is 1.57. The van der Waals surface area contributed by atoms with E-state index in [-0.39, 0.29) is 4.88 Å². The van der Waals surface area contributed by atoms with Crippen molar-refractivity contribution in [1.29, 1.82) is 0 Å². The van der Waals surface area contributed by atoms with E-state index in [0.29, 0.717) is 5.75 Å². The fraction of sp³-hybridized carbons (Fsp3) is 0.143. The zero-order valence-electron chi connectivity index (χ0n) is 10.7. The van der Waals surface area contributed by atoms with Crippen LogP contribution in [0.5, 0.6) is 5.75 Å². The van der Waals surface area contributed by atoms with Crippen LogP contribution in [0, 0.1) is 0 Å². The van der Waals surface area contributed by atoms with Gasteiger partial charge in [-0.2, -0.15) is 0 Å². The van der Waals surface area contributed by atoms with Crippen molar-refractivity contribution in [2.75, 3.05) is 0 Å². The van der Waals surface area contributed by atoms with E-state index in [0.717, 1.165) is 21.8 Å². The molecule has 5 nitrogen and oxygen atoms in total.